The SMILES string of the molecule is CCCCCCCCCCCCCC/C=C\CCCCCCCCCCCC(=O)NC(COP(=O)([O-])OCC[N+](C)(C)C)C(O)/C=C/CCCCCCCCCCCCCCCCCCCCCCCCC. The number of quaternary nitrogens is 1. The van der Waals surface area contributed by atoms with Crippen LogP contribution < -0.4 is 10.2 Å². The molecule has 0 heterocycles. The van der Waals surface area contributed by atoms with Gasteiger partial charge in [0, 0.05) is 6.42 Å². The highest BCUT2D eigenvalue weighted by atomic mass is 31.2. The maximum Gasteiger partial charge on any atom is 0.268 e. The van der Waals surface area contributed by atoms with E-state index in [1.165, 1.54) is 263 Å². The van der Waals surface area contributed by atoms with Crippen molar-refractivity contribution in [2.45, 2.75) is 334 Å². The monoisotopic (exact) mass is 1040 g/mol. The molecule has 0 radical (unpaired) electrons. The topological polar surface area (TPSA) is 108 Å². The van der Waals surface area contributed by atoms with Crippen LogP contribution in [0.25, 0.3) is 0 Å². The standard InChI is InChI=1S/C63H125N2O6P/c1-6-8-10-12-14-16-18-20-22-24-26-28-30-32-34-36-38-40-42-44-46-48-50-52-54-56-62(66)61(60-71-72(68,69)70-59-58-65(3,4)5)64-63(67)57-55-53-51-49-47-45-43-41-39-37-35-33-31-29-27-25-23-21-19-17-15-13-11-9-7-2/h33,35,54,56,61-62,66H,6-32,34,36-53,55,57-60H2,1-5H3,(H-,64,67,68,69)/b35-33-,56-54+. The number of phosphoric ester groups is 1. The van der Waals surface area contributed by atoms with Crippen LogP contribution in [-0.2, 0) is 18.4 Å². The molecule has 0 bridgehead atoms. The van der Waals surface area contributed by atoms with Gasteiger partial charge in [-0.05, 0) is 44.9 Å². The Hall–Kier alpha value is -1.02. The van der Waals surface area contributed by atoms with Gasteiger partial charge in [0.05, 0.1) is 39.9 Å². The van der Waals surface area contributed by atoms with Crippen molar-refractivity contribution in [3.63, 3.8) is 0 Å². The number of hydrogen-bond acceptors (Lipinski definition) is 6. The Kier molecular flexibility index (Phi) is 54.0. The Morgan fingerprint density at radius 2 is 0.764 bits per heavy atom. The van der Waals surface area contributed by atoms with E-state index in [-0.39, 0.29) is 19.1 Å². The summed E-state index contributed by atoms with van der Waals surface area (Å²) in [6.45, 7) is 4.70. The zero-order valence-electron chi connectivity index (χ0n) is 48.9. The highest BCUT2D eigenvalue weighted by molar-refractivity contribution is 7.45. The maximum absolute atomic E-state index is 13.0. The van der Waals surface area contributed by atoms with Crippen molar-refractivity contribution in [2.24, 2.45) is 0 Å². The lowest BCUT2D eigenvalue weighted by atomic mass is 10.0. The van der Waals surface area contributed by atoms with Crippen LogP contribution in [-0.4, -0.2) is 68.5 Å². The van der Waals surface area contributed by atoms with Gasteiger partial charge >= 0.3 is 0 Å². The first kappa shape index (κ1) is 71.0. The molecule has 1 amide bonds. The van der Waals surface area contributed by atoms with E-state index in [0.717, 1.165) is 38.5 Å². The molecule has 0 fully saturated rings. The molecule has 0 aromatic heterocycles. The summed E-state index contributed by atoms with van der Waals surface area (Å²) in [5, 5.41) is 13.9. The number of carbonyl (C=O) groups is 1. The van der Waals surface area contributed by atoms with E-state index in [0.29, 0.717) is 17.4 Å². The van der Waals surface area contributed by atoms with Gasteiger partial charge in [-0.25, -0.2) is 0 Å². The number of allylic oxidation sites excluding steroid dienone is 3. The summed E-state index contributed by atoms with van der Waals surface area (Å²) in [7, 11) is 1.27. The second-order valence-corrected chi connectivity index (χ2v) is 24.5. The van der Waals surface area contributed by atoms with Gasteiger partial charge in [-0.2, -0.15) is 0 Å². The lowest BCUT2D eigenvalue weighted by Crippen LogP contribution is -2.45. The summed E-state index contributed by atoms with van der Waals surface area (Å²) in [6, 6.07) is -0.887. The largest absolute Gasteiger partial charge is 0.756 e. The molecule has 9 heteroatoms. The van der Waals surface area contributed by atoms with E-state index < -0.39 is 20.0 Å². The first-order chi connectivity index (χ1) is 35.0. The first-order valence-electron chi connectivity index (χ1n) is 31.7. The minimum atomic E-state index is -4.60. The summed E-state index contributed by atoms with van der Waals surface area (Å²) in [5.74, 6) is -0.194. The van der Waals surface area contributed by atoms with Gasteiger partial charge in [0.15, 0.2) is 0 Å². The number of unbranched alkanes of at least 4 members (excludes halogenated alkanes) is 44. The van der Waals surface area contributed by atoms with Crippen LogP contribution in [0.3, 0.4) is 0 Å². The van der Waals surface area contributed by atoms with Crippen LogP contribution >= 0.6 is 7.82 Å². The van der Waals surface area contributed by atoms with E-state index in [1.54, 1.807) is 6.08 Å². The van der Waals surface area contributed by atoms with Gasteiger partial charge in [0.25, 0.3) is 7.82 Å². The summed E-state index contributed by atoms with van der Waals surface area (Å²) in [6.07, 6.45) is 69.8. The van der Waals surface area contributed by atoms with Crippen LogP contribution in [0.15, 0.2) is 24.3 Å². The lowest BCUT2D eigenvalue weighted by molar-refractivity contribution is -0.870. The van der Waals surface area contributed by atoms with Gasteiger partial charge in [0.1, 0.15) is 13.2 Å². The summed E-state index contributed by atoms with van der Waals surface area (Å²) < 4.78 is 23.4. The predicted octanol–water partition coefficient (Wildman–Crippen LogP) is 18.9. The van der Waals surface area contributed by atoms with Crippen LogP contribution in [0.4, 0.5) is 0 Å². The molecular weight excluding hydrogens is 912 g/mol. The third-order valence-electron chi connectivity index (χ3n) is 14.7. The molecule has 0 spiro atoms. The normalized spacial score (nSPS) is 13.9. The highest BCUT2D eigenvalue weighted by Crippen LogP contribution is 2.38. The Morgan fingerprint density at radius 1 is 0.472 bits per heavy atom. The number of aliphatic hydroxyl groups excluding tert-OH is 1. The zero-order valence-corrected chi connectivity index (χ0v) is 49.8. The summed E-state index contributed by atoms with van der Waals surface area (Å²) >= 11 is 0. The van der Waals surface area contributed by atoms with E-state index in [4.69, 9.17) is 9.05 Å². The average molecular weight is 1040 g/mol. The molecule has 0 saturated heterocycles. The van der Waals surface area contributed by atoms with Crippen molar-refractivity contribution in [3.05, 3.63) is 24.3 Å². The van der Waals surface area contributed by atoms with Crippen molar-refractivity contribution in [2.75, 3.05) is 40.9 Å². The molecule has 72 heavy (non-hydrogen) atoms. The van der Waals surface area contributed by atoms with Gasteiger partial charge < -0.3 is 28.8 Å². The molecule has 0 aliphatic heterocycles. The number of rotatable bonds is 59. The van der Waals surface area contributed by atoms with E-state index in [1.807, 2.05) is 27.2 Å². The van der Waals surface area contributed by atoms with Crippen molar-refractivity contribution < 1.29 is 32.9 Å². The molecule has 0 rings (SSSR count). The van der Waals surface area contributed by atoms with Crippen LogP contribution in [0.2, 0.25) is 0 Å². The summed E-state index contributed by atoms with van der Waals surface area (Å²) in [4.78, 5) is 25.6. The predicted molar refractivity (Wildman–Crippen MR) is 312 cm³/mol. The fraction of sp³-hybridized carbons (Fsp3) is 0.921. The van der Waals surface area contributed by atoms with Crippen molar-refractivity contribution in [1.29, 1.82) is 0 Å². The Labute approximate surface area is 449 Å². The second-order valence-electron chi connectivity index (χ2n) is 23.1. The molecule has 3 atom stereocenters. The fourth-order valence-corrected chi connectivity index (χ4v) is 10.4. The summed E-state index contributed by atoms with van der Waals surface area (Å²) in [5.41, 5.74) is 0. The first-order valence-corrected chi connectivity index (χ1v) is 33.2. The fourth-order valence-electron chi connectivity index (χ4n) is 9.68. The Bertz CT molecular complexity index is 1220. The van der Waals surface area contributed by atoms with E-state index in [9.17, 15) is 19.4 Å². The molecule has 0 aromatic carbocycles. The number of nitrogens with zero attached hydrogens (tertiary/aromatic N) is 1. The van der Waals surface area contributed by atoms with Crippen molar-refractivity contribution >= 4 is 13.7 Å². The molecular formula is C63H125N2O6P. The molecule has 0 aliphatic rings. The van der Waals surface area contributed by atoms with Crippen LogP contribution in [0.1, 0.15) is 322 Å². The maximum atomic E-state index is 13.0. The molecule has 8 nitrogen and oxygen atoms in total. The molecule has 2 N–H and O–H groups in total. The van der Waals surface area contributed by atoms with E-state index >= 15 is 0 Å². The minimum Gasteiger partial charge on any atom is -0.756 e. The minimum absolute atomic E-state index is 0.000506. The van der Waals surface area contributed by atoms with Crippen molar-refractivity contribution in [3.8, 4) is 0 Å². The van der Waals surface area contributed by atoms with Gasteiger partial charge in [-0.3, -0.25) is 9.36 Å². The van der Waals surface area contributed by atoms with E-state index in [2.05, 4.69) is 31.3 Å². The Morgan fingerprint density at radius 3 is 1.08 bits per heavy atom. The van der Waals surface area contributed by atoms with Gasteiger partial charge in [-0.15, -0.1) is 0 Å². The average Bonchev–Trinajstić information content (AvgIpc) is 3.34. The van der Waals surface area contributed by atoms with Crippen LogP contribution in [0, 0.1) is 0 Å². The number of amides is 1. The Balaban J connectivity index is 4.14. The van der Waals surface area contributed by atoms with Crippen LogP contribution in [0.5, 0.6) is 0 Å². The third kappa shape index (κ3) is 56.7. The number of carbonyl (C=O) groups excluding carboxylic acids is 1. The zero-order chi connectivity index (χ0) is 52.7. The number of phosphoric acid groups is 1. The number of aliphatic hydroxyl groups is 1. The molecule has 3 unspecified atom stereocenters. The molecule has 0 saturated carbocycles. The smallest absolute Gasteiger partial charge is 0.268 e. The number of likely N-dealkylation sites (N-methyl/N-ethyl adjacent to an activating group) is 1. The third-order valence-corrected chi connectivity index (χ3v) is 15.6. The highest BCUT2D eigenvalue weighted by Gasteiger charge is 2.23. The molecule has 0 aromatic rings. The second kappa shape index (κ2) is 54.8. The van der Waals surface area contributed by atoms with Crippen molar-refractivity contribution in [1.82, 2.24) is 5.32 Å². The molecule has 0 aliphatic carbocycles. The number of nitrogens with one attached hydrogen (secondary N) is 1. The van der Waals surface area contributed by atoms with Gasteiger partial charge in [0.2, 0.25) is 5.91 Å². The quantitative estimate of drug-likeness (QED) is 0.0272. The lowest BCUT2D eigenvalue weighted by Gasteiger charge is -2.29. The number of hydrogen-bond donors (Lipinski definition) is 2. The van der Waals surface area contributed by atoms with Gasteiger partial charge in [-0.1, -0.05) is 295 Å². The molecule has 428 valence electrons.